The molecule has 0 saturated heterocycles. The average molecular weight is 369 g/mol. The number of benzene rings is 2. The second-order valence-electron chi connectivity index (χ2n) is 5.30. The number of hydrogen-bond acceptors (Lipinski definition) is 4. The smallest absolute Gasteiger partial charge is 0.258 e. The van der Waals surface area contributed by atoms with Gasteiger partial charge in [-0.15, -0.1) is 0 Å². The topological polar surface area (TPSA) is 89.3 Å². The summed E-state index contributed by atoms with van der Waals surface area (Å²) in [6, 6.07) is 11.2. The van der Waals surface area contributed by atoms with Crippen LogP contribution < -0.4 is 4.72 Å². The lowest BCUT2D eigenvalue weighted by Crippen LogP contribution is -2.26. The number of hydrogen-bond donors (Lipinski definition) is 1. The van der Waals surface area contributed by atoms with Crippen LogP contribution in [0.5, 0.6) is 0 Å². The van der Waals surface area contributed by atoms with E-state index in [1.54, 1.807) is 13.0 Å². The van der Waals surface area contributed by atoms with E-state index in [0.29, 0.717) is 23.4 Å². The van der Waals surface area contributed by atoms with Gasteiger partial charge in [0.2, 0.25) is 10.0 Å². The predicted octanol–water partition coefficient (Wildman–Crippen LogP) is 3.47. The Kier molecular flexibility index (Phi) is 5.93. The SMILES string of the molecule is Cc1ccc([N+](=O)[O-])cc1S(=O)(=O)NCCCc1ccccc1Cl. The van der Waals surface area contributed by atoms with E-state index in [-0.39, 0.29) is 17.1 Å². The first kappa shape index (κ1) is 18.4. The van der Waals surface area contributed by atoms with Crippen LogP contribution in [0.1, 0.15) is 17.5 Å². The minimum atomic E-state index is -3.80. The van der Waals surface area contributed by atoms with E-state index >= 15 is 0 Å². The molecule has 2 aromatic carbocycles. The molecule has 0 radical (unpaired) electrons. The van der Waals surface area contributed by atoms with Crippen molar-refractivity contribution in [3.63, 3.8) is 0 Å². The normalized spacial score (nSPS) is 11.4. The number of aryl methyl sites for hydroxylation is 2. The fourth-order valence-corrected chi connectivity index (χ4v) is 3.82. The first-order chi connectivity index (χ1) is 11.3. The zero-order valence-corrected chi connectivity index (χ0v) is 14.6. The Hall–Kier alpha value is -1.96. The second-order valence-corrected chi connectivity index (χ2v) is 7.44. The van der Waals surface area contributed by atoms with Crippen LogP contribution in [0.25, 0.3) is 0 Å². The molecule has 1 N–H and O–H groups in total. The second kappa shape index (κ2) is 7.74. The number of nitro benzene ring substituents is 1. The molecular formula is C16H17ClN2O4S. The van der Waals surface area contributed by atoms with E-state index in [1.165, 1.54) is 12.1 Å². The van der Waals surface area contributed by atoms with Gasteiger partial charge >= 0.3 is 0 Å². The number of nitrogens with zero attached hydrogens (tertiary/aromatic N) is 1. The predicted molar refractivity (Wildman–Crippen MR) is 92.8 cm³/mol. The molecule has 0 heterocycles. The molecule has 128 valence electrons. The molecule has 0 aliphatic rings. The molecule has 2 aromatic rings. The van der Waals surface area contributed by atoms with Crippen molar-refractivity contribution >= 4 is 27.3 Å². The van der Waals surface area contributed by atoms with Gasteiger partial charge in [-0.3, -0.25) is 10.1 Å². The van der Waals surface area contributed by atoms with E-state index in [4.69, 9.17) is 11.6 Å². The maximum absolute atomic E-state index is 12.3. The van der Waals surface area contributed by atoms with Gasteiger partial charge in [-0.2, -0.15) is 0 Å². The van der Waals surface area contributed by atoms with Gasteiger partial charge in [0.05, 0.1) is 9.82 Å². The first-order valence-electron chi connectivity index (χ1n) is 7.29. The minimum absolute atomic E-state index is 0.0746. The van der Waals surface area contributed by atoms with Gasteiger partial charge in [-0.1, -0.05) is 35.9 Å². The molecular weight excluding hydrogens is 352 g/mol. The molecule has 0 saturated carbocycles. The molecule has 2 rings (SSSR count). The molecule has 0 aliphatic carbocycles. The summed E-state index contributed by atoms with van der Waals surface area (Å²) in [7, 11) is -3.80. The fourth-order valence-electron chi connectivity index (χ4n) is 2.26. The monoisotopic (exact) mass is 368 g/mol. The van der Waals surface area contributed by atoms with Gasteiger partial charge < -0.3 is 0 Å². The number of non-ortho nitro benzene ring substituents is 1. The maximum Gasteiger partial charge on any atom is 0.270 e. The Balaban J connectivity index is 2.03. The molecule has 24 heavy (non-hydrogen) atoms. The number of nitrogens with one attached hydrogen (secondary N) is 1. The van der Waals surface area contributed by atoms with Crippen LogP contribution in [-0.2, 0) is 16.4 Å². The summed E-state index contributed by atoms with van der Waals surface area (Å²) < 4.78 is 27.2. The Morgan fingerprint density at radius 3 is 2.58 bits per heavy atom. The van der Waals surface area contributed by atoms with Gasteiger partial charge in [0, 0.05) is 23.7 Å². The van der Waals surface area contributed by atoms with Crippen LogP contribution in [-0.4, -0.2) is 19.9 Å². The van der Waals surface area contributed by atoms with Crippen LogP contribution >= 0.6 is 11.6 Å². The highest BCUT2D eigenvalue weighted by molar-refractivity contribution is 7.89. The molecule has 0 aromatic heterocycles. The van der Waals surface area contributed by atoms with Gasteiger partial charge in [0.15, 0.2) is 0 Å². The first-order valence-corrected chi connectivity index (χ1v) is 9.15. The quantitative estimate of drug-likeness (QED) is 0.460. The minimum Gasteiger partial charge on any atom is -0.258 e. The molecule has 0 bridgehead atoms. The molecule has 0 atom stereocenters. The molecule has 0 amide bonds. The van der Waals surface area contributed by atoms with Crippen molar-refractivity contribution in [2.45, 2.75) is 24.7 Å². The molecule has 0 fully saturated rings. The Labute approximate surface area is 145 Å². The van der Waals surface area contributed by atoms with Crippen molar-refractivity contribution in [2.24, 2.45) is 0 Å². The average Bonchev–Trinajstić information content (AvgIpc) is 2.53. The third-order valence-electron chi connectivity index (χ3n) is 3.54. The van der Waals surface area contributed by atoms with Crippen LogP contribution in [0.4, 0.5) is 5.69 Å². The van der Waals surface area contributed by atoms with Crippen molar-refractivity contribution in [1.82, 2.24) is 4.72 Å². The Bertz CT molecular complexity index is 853. The summed E-state index contributed by atoms with van der Waals surface area (Å²) in [5, 5.41) is 11.5. The van der Waals surface area contributed by atoms with Crippen LogP contribution in [0, 0.1) is 17.0 Å². The van der Waals surface area contributed by atoms with Crippen LogP contribution in [0.2, 0.25) is 5.02 Å². The number of rotatable bonds is 7. The molecule has 0 aliphatic heterocycles. The highest BCUT2D eigenvalue weighted by atomic mass is 35.5. The fraction of sp³-hybridized carbons (Fsp3) is 0.250. The van der Waals surface area contributed by atoms with Crippen molar-refractivity contribution in [2.75, 3.05) is 6.54 Å². The largest absolute Gasteiger partial charge is 0.270 e. The van der Waals surface area contributed by atoms with E-state index in [9.17, 15) is 18.5 Å². The lowest BCUT2D eigenvalue weighted by atomic mass is 10.1. The van der Waals surface area contributed by atoms with Gasteiger partial charge in [-0.05, 0) is 37.0 Å². The summed E-state index contributed by atoms with van der Waals surface area (Å²) in [6.45, 7) is 1.82. The van der Waals surface area contributed by atoms with Gasteiger partial charge in [-0.25, -0.2) is 13.1 Å². The van der Waals surface area contributed by atoms with Gasteiger partial charge in [0.1, 0.15) is 0 Å². The highest BCUT2D eigenvalue weighted by Crippen LogP contribution is 2.21. The third kappa shape index (κ3) is 4.53. The summed E-state index contributed by atoms with van der Waals surface area (Å²) in [4.78, 5) is 10.1. The van der Waals surface area contributed by atoms with Crippen molar-refractivity contribution < 1.29 is 13.3 Å². The van der Waals surface area contributed by atoms with Crippen LogP contribution in [0.15, 0.2) is 47.4 Å². The maximum atomic E-state index is 12.3. The van der Waals surface area contributed by atoms with E-state index < -0.39 is 14.9 Å². The number of halogens is 1. The standard InChI is InChI=1S/C16H17ClN2O4S/c1-12-8-9-14(19(20)21)11-16(12)24(22,23)18-10-4-6-13-5-2-3-7-15(13)17/h2-3,5,7-9,11,18H,4,6,10H2,1H3. The zero-order chi connectivity index (χ0) is 17.7. The summed E-state index contributed by atoms with van der Waals surface area (Å²) in [5.74, 6) is 0. The zero-order valence-electron chi connectivity index (χ0n) is 13.0. The van der Waals surface area contributed by atoms with Crippen LogP contribution in [0.3, 0.4) is 0 Å². The molecule has 8 heteroatoms. The number of sulfonamides is 1. The van der Waals surface area contributed by atoms with Crippen molar-refractivity contribution in [3.8, 4) is 0 Å². The summed E-state index contributed by atoms with van der Waals surface area (Å²) >= 11 is 6.05. The lowest BCUT2D eigenvalue weighted by molar-refractivity contribution is -0.385. The molecule has 0 spiro atoms. The van der Waals surface area contributed by atoms with Crippen molar-refractivity contribution in [3.05, 3.63) is 68.7 Å². The van der Waals surface area contributed by atoms with E-state index in [2.05, 4.69) is 4.72 Å². The third-order valence-corrected chi connectivity index (χ3v) is 5.52. The van der Waals surface area contributed by atoms with E-state index in [0.717, 1.165) is 11.6 Å². The molecule has 6 nitrogen and oxygen atoms in total. The summed E-state index contributed by atoms with van der Waals surface area (Å²) in [5.41, 5.74) is 1.15. The highest BCUT2D eigenvalue weighted by Gasteiger charge is 2.20. The summed E-state index contributed by atoms with van der Waals surface area (Å²) in [6.07, 6.45) is 1.20. The Morgan fingerprint density at radius 2 is 1.92 bits per heavy atom. The van der Waals surface area contributed by atoms with E-state index in [1.807, 2.05) is 18.2 Å². The Morgan fingerprint density at radius 1 is 1.21 bits per heavy atom. The lowest BCUT2D eigenvalue weighted by Gasteiger charge is -2.09. The molecule has 0 unspecified atom stereocenters. The van der Waals surface area contributed by atoms with Gasteiger partial charge in [0.25, 0.3) is 5.69 Å². The van der Waals surface area contributed by atoms with Crippen molar-refractivity contribution in [1.29, 1.82) is 0 Å². The number of nitro groups is 1.